The summed E-state index contributed by atoms with van der Waals surface area (Å²) in [5.41, 5.74) is -0.664. The number of rotatable bonds is 13. The molecule has 1 saturated heterocycles. The lowest BCUT2D eigenvalue weighted by Gasteiger charge is -2.38. The predicted molar refractivity (Wildman–Crippen MR) is 197 cm³/mol. The average molecular weight is 739 g/mol. The van der Waals surface area contributed by atoms with Crippen LogP contribution < -0.4 is 21.3 Å². The Kier molecular flexibility index (Phi) is 12.6. The second-order valence-corrected chi connectivity index (χ2v) is 18.1. The van der Waals surface area contributed by atoms with Gasteiger partial charge in [-0.25, -0.2) is 13.2 Å². The second kappa shape index (κ2) is 16.2. The first-order valence-corrected chi connectivity index (χ1v) is 19.4. The minimum Gasteiger partial charge on any atom is -0.346 e. The predicted octanol–water partition coefficient (Wildman–Crippen LogP) is 2.72. The van der Waals surface area contributed by atoms with Crippen LogP contribution in [-0.4, -0.2) is 91.0 Å². The van der Waals surface area contributed by atoms with Crippen LogP contribution in [-0.2, 0) is 35.7 Å². The lowest BCUT2D eigenvalue weighted by molar-refractivity contribution is -0.144. The molecule has 1 unspecified atom stereocenters. The monoisotopic (exact) mass is 738 g/mol. The summed E-state index contributed by atoms with van der Waals surface area (Å²) in [6.45, 7) is 15.3. The van der Waals surface area contributed by atoms with E-state index in [-0.39, 0.29) is 49.2 Å². The highest BCUT2D eigenvalue weighted by Gasteiger charge is 2.52. The maximum Gasteiger partial charge on any atom is 0.315 e. The number of fused-ring (bicyclic) bond motifs is 2. The van der Waals surface area contributed by atoms with E-state index in [4.69, 9.17) is 6.42 Å². The molecule has 2 heterocycles. The summed E-state index contributed by atoms with van der Waals surface area (Å²) in [6.07, 6.45) is 9.49. The molecule has 14 heteroatoms. The van der Waals surface area contributed by atoms with Gasteiger partial charge in [-0.05, 0) is 53.6 Å². The number of carbonyl (C=O) groups excluding carboxylic acids is 5. The molecule has 2 aliphatic heterocycles. The third-order valence-electron chi connectivity index (χ3n) is 10.3. The van der Waals surface area contributed by atoms with Gasteiger partial charge in [0.2, 0.25) is 27.6 Å². The van der Waals surface area contributed by atoms with Gasteiger partial charge >= 0.3 is 6.03 Å². The Morgan fingerprint density at radius 2 is 1.71 bits per heavy atom. The molecule has 0 radical (unpaired) electrons. The molecule has 52 heavy (non-hydrogen) atoms. The summed E-state index contributed by atoms with van der Waals surface area (Å²) in [5, 5.41) is 11.0. The average Bonchev–Trinajstić information content (AvgIpc) is 3.74. The summed E-state index contributed by atoms with van der Waals surface area (Å²) >= 11 is 0. The van der Waals surface area contributed by atoms with Gasteiger partial charge in [0, 0.05) is 38.6 Å². The molecule has 13 nitrogen and oxygen atoms in total. The Hall–Kier alpha value is -4.22. The van der Waals surface area contributed by atoms with E-state index in [0.29, 0.717) is 18.5 Å². The van der Waals surface area contributed by atoms with Gasteiger partial charge in [0.15, 0.2) is 0 Å². The van der Waals surface area contributed by atoms with E-state index in [2.05, 4.69) is 33.8 Å². The quantitative estimate of drug-likeness (QED) is 0.137. The van der Waals surface area contributed by atoms with E-state index >= 15 is 0 Å². The van der Waals surface area contributed by atoms with Crippen molar-refractivity contribution in [2.45, 2.75) is 109 Å². The standard InChI is InChI=1S/C38H54N6O7S/c1-9-11-18-27(31(45)34(47)39-20-10-2)40-33(46)30-26-17-14-16-24(26)22-44(30)35(48)32(38(6,7)8)42-36(49)41-29(37(3,4)5)23-43-21-25-15-12-13-19-28(25)52(43,50)51/h1,10,12-13,15,19,24,26-27,29-30,32H,2,11,14,16-18,20-23H2,3-8H3,(H,39,47)(H,40,46)(H2,41,42,49)/t24-,26-,27?,29+,30-,32+/m0/s1. The Balaban J connectivity index is 1.54. The van der Waals surface area contributed by atoms with Crippen molar-refractivity contribution in [3.63, 3.8) is 0 Å². The van der Waals surface area contributed by atoms with Crippen molar-refractivity contribution in [1.82, 2.24) is 30.5 Å². The number of sulfonamides is 1. The minimum atomic E-state index is -3.75. The van der Waals surface area contributed by atoms with Gasteiger partial charge in [0.25, 0.3) is 5.91 Å². The zero-order valence-corrected chi connectivity index (χ0v) is 32.0. The van der Waals surface area contributed by atoms with Crippen LogP contribution in [0.3, 0.4) is 0 Å². The van der Waals surface area contributed by atoms with E-state index in [0.717, 1.165) is 12.8 Å². The van der Waals surface area contributed by atoms with Crippen molar-refractivity contribution >= 4 is 39.6 Å². The number of likely N-dealkylation sites (tertiary alicyclic amines) is 1. The maximum atomic E-state index is 14.5. The Morgan fingerprint density at radius 1 is 1.02 bits per heavy atom. The van der Waals surface area contributed by atoms with Crippen molar-refractivity contribution < 1.29 is 32.4 Å². The van der Waals surface area contributed by atoms with Crippen LogP contribution in [0.5, 0.6) is 0 Å². The van der Waals surface area contributed by atoms with Crippen LogP contribution >= 0.6 is 0 Å². The van der Waals surface area contributed by atoms with Gasteiger partial charge in [0.05, 0.1) is 10.9 Å². The van der Waals surface area contributed by atoms with Crippen LogP contribution in [0.1, 0.15) is 79.2 Å². The summed E-state index contributed by atoms with van der Waals surface area (Å²) in [7, 11) is -3.75. The molecular weight excluding hydrogens is 685 g/mol. The number of carbonyl (C=O) groups is 5. The zero-order valence-electron chi connectivity index (χ0n) is 31.2. The molecule has 284 valence electrons. The molecule has 0 spiro atoms. The fourth-order valence-corrected chi connectivity index (χ4v) is 9.03. The number of amides is 5. The normalized spacial score (nSPS) is 22.6. The smallest absolute Gasteiger partial charge is 0.315 e. The van der Waals surface area contributed by atoms with Gasteiger partial charge in [-0.1, -0.05) is 72.2 Å². The Bertz CT molecular complexity index is 1710. The highest BCUT2D eigenvalue weighted by atomic mass is 32.2. The van der Waals surface area contributed by atoms with Crippen molar-refractivity contribution in [3.8, 4) is 12.3 Å². The summed E-state index contributed by atoms with van der Waals surface area (Å²) in [4.78, 5) is 69.7. The highest BCUT2D eigenvalue weighted by Crippen LogP contribution is 2.43. The van der Waals surface area contributed by atoms with Crippen LogP contribution in [0, 0.1) is 35.0 Å². The molecule has 1 aromatic carbocycles. The topological polar surface area (TPSA) is 174 Å². The fraction of sp³-hybridized carbons (Fsp3) is 0.605. The van der Waals surface area contributed by atoms with Crippen molar-refractivity contribution in [2.24, 2.45) is 22.7 Å². The number of nitrogens with zero attached hydrogens (tertiary/aromatic N) is 2. The third kappa shape index (κ3) is 9.04. The molecule has 1 saturated carbocycles. The summed E-state index contributed by atoms with van der Waals surface area (Å²) in [5.74, 6) is -0.360. The Labute approximate surface area is 308 Å². The van der Waals surface area contributed by atoms with Gasteiger partial charge in [0.1, 0.15) is 12.1 Å². The number of terminal acetylenes is 1. The zero-order chi connectivity index (χ0) is 38.6. The number of Topliss-reactive ketones (excluding diaryl/α,β-unsaturated/α-hetero) is 1. The maximum absolute atomic E-state index is 14.5. The highest BCUT2D eigenvalue weighted by molar-refractivity contribution is 7.89. The minimum absolute atomic E-state index is 0.0188. The lowest BCUT2D eigenvalue weighted by Crippen LogP contribution is -2.62. The van der Waals surface area contributed by atoms with Crippen LogP contribution in [0.2, 0.25) is 0 Å². The molecule has 4 N–H and O–H groups in total. The summed E-state index contributed by atoms with van der Waals surface area (Å²) < 4.78 is 28.0. The van der Waals surface area contributed by atoms with Gasteiger partial charge < -0.3 is 26.2 Å². The molecule has 3 aliphatic rings. The molecule has 0 aromatic heterocycles. The first-order chi connectivity index (χ1) is 24.3. The molecule has 1 aromatic rings. The molecule has 0 bridgehead atoms. The molecule has 5 amide bonds. The fourth-order valence-electron chi connectivity index (χ4n) is 7.38. The van der Waals surface area contributed by atoms with Crippen molar-refractivity contribution in [1.29, 1.82) is 0 Å². The first-order valence-electron chi connectivity index (χ1n) is 17.9. The van der Waals surface area contributed by atoms with Crippen LogP contribution in [0.25, 0.3) is 0 Å². The van der Waals surface area contributed by atoms with Crippen molar-refractivity contribution in [2.75, 3.05) is 19.6 Å². The summed E-state index contributed by atoms with van der Waals surface area (Å²) in [6, 6.07) is 2.38. The first kappa shape index (κ1) is 40.5. The second-order valence-electron chi connectivity index (χ2n) is 16.2. The van der Waals surface area contributed by atoms with E-state index in [1.54, 1.807) is 24.3 Å². The molecular formula is C38H54N6O7S. The number of ketones is 1. The third-order valence-corrected chi connectivity index (χ3v) is 12.3. The van der Waals surface area contributed by atoms with E-state index in [1.165, 1.54) is 15.3 Å². The molecule has 4 rings (SSSR count). The van der Waals surface area contributed by atoms with Gasteiger partial charge in [-0.3, -0.25) is 19.2 Å². The number of hydrogen-bond acceptors (Lipinski definition) is 7. The van der Waals surface area contributed by atoms with E-state index in [1.807, 2.05) is 41.5 Å². The largest absolute Gasteiger partial charge is 0.346 e. The van der Waals surface area contributed by atoms with E-state index < -0.39 is 74.6 Å². The van der Waals surface area contributed by atoms with Gasteiger partial charge in [-0.15, -0.1) is 18.9 Å². The van der Waals surface area contributed by atoms with Gasteiger partial charge in [-0.2, -0.15) is 4.31 Å². The Morgan fingerprint density at radius 3 is 2.33 bits per heavy atom. The molecule has 6 atom stereocenters. The van der Waals surface area contributed by atoms with Crippen LogP contribution in [0.4, 0.5) is 4.79 Å². The van der Waals surface area contributed by atoms with E-state index in [9.17, 15) is 32.4 Å². The van der Waals surface area contributed by atoms with Crippen molar-refractivity contribution in [3.05, 3.63) is 42.5 Å². The number of urea groups is 1. The molecule has 1 aliphatic carbocycles. The van der Waals surface area contributed by atoms with Crippen LogP contribution in [0.15, 0.2) is 41.8 Å². The lowest BCUT2D eigenvalue weighted by atomic mass is 9.85. The molecule has 2 fully saturated rings. The number of benzene rings is 1. The SMILES string of the molecule is C#CCCC(NC(=O)[C@@H]1[C@H]2CCC[C@H]2CN1C(=O)[C@@H](NC(=O)N[C@H](CN1Cc2ccccc2S1(=O)=O)C(C)(C)C)C(C)(C)C)C(=O)C(=O)NCC=C. The number of nitrogens with one attached hydrogen (secondary N) is 4. The number of hydrogen-bond donors (Lipinski definition) is 4.